The molecule has 1 aliphatic carbocycles. The van der Waals surface area contributed by atoms with Gasteiger partial charge in [0.25, 0.3) is 0 Å². The van der Waals surface area contributed by atoms with E-state index in [0.29, 0.717) is 10.8 Å². The summed E-state index contributed by atoms with van der Waals surface area (Å²) in [7, 11) is 0. The second kappa shape index (κ2) is 12.8. The molecule has 0 aromatic heterocycles. The number of allylic oxidation sites excluding steroid dienone is 6. The van der Waals surface area contributed by atoms with Gasteiger partial charge >= 0.3 is 0 Å². The zero-order chi connectivity index (χ0) is 21.9. The molecule has 0 radical (unpaired) electrons. The first kappa shape index (κ1) is 26.3. The summed E-state index contributed by atoms with van der Waals surface area (Å²) >= 11 is 0. The topological polar surface area (TPSA) is 0 Å². The van der Waals surface area contributed by atoms with Crippen LogP contribution < -0.4 is 0 Å². The zero-order valence-electron chi connectivity index (χ0n) is 21.2. The van der Waals surface area contributed by atoms with Crippen molar-refractivity contribution in [2.75, 3.05) is 0 Å². The first-order valence-electron chi connectivity index (χ1n) is 12.5. The van der Waals surface area contributed by atoms with E-state index in [1.54, 1.807) is 11.1 Å². The van der Waals surface area contributed by atoms with Crippen molar-refractivity contribution in [3.8, 4) is 0 Å². The van der Waals surface area contributed by atoms with E-state index >= 15 is 0 Å². The summed E-state index contributed by atoms with van der Waals surface area (Å²) < 4.78 is 0. The number of unbranched alkanes of at least 4 members (excludes halogenated alkanes) is 1. The van der Waals surface area contributed by atoms with Gasteiger partial charge in [-0.15, -0.1) is 0 Å². The number of hydrogen-bond acceptors (Lipinski definition) is 0. The molecule has 1 saturated carbocycles. The molecular formula is C29H52. The monoisotopic (exact) mass is 400 g/mol. The highest BCUT2D eigenvalue weighted by Gasteiger charge is 2.29. The van der Waals surface area contributed by atoms with Crippen LogP contribution in [0.4, 0.5) is 0 Å². The molecule has 0 heteroatoms. The molecule has 1 rings (SSSR count). The molecule has 0 aromatic rings. The summed E-state index contributed by atoms with van der Waals surface area (Å²) in [6.45, 7) is 19.0. The Labute approximate surface area is 184 Å². The van der Waals surface area contributed by atoms with Crippen LogP contribution in [-0.2, 0) is 0 Å². The second-order valence-electron chi connectivity index (χ2n) is 12.0. The normalized spacial score (nSPS) is 23.0. The van der Waals surface area contributed by atoms with Crippen molar-refractivity contribution < 1.29 is 0 Å². The molecule has 0 spiro atoms. The largest absolute Gasteiger partial charge is 0.0882 e. The zero-order valence-corrected chi connectivity index (χ0v) is 21.2. The Morgan fingerprint density at radius 2 is 1.83 bits per heavy atom. The molecule has 0 nitrogen and oxygen atoms in total. The maximum absolute atomic E-state index is 2.51. The minimum absolute atomic E-state index is 0.405. The average molecular weight is 401 g/mol. The third-order valence-corrected chi connectivity index (χ3v) is 6.76. The SMILES string of the molecule is C/C(=C\C=C1/CCCC(C)(C)C(C/C=C/CC(C)(C)C)CC1)CCCCC(C)C. The van der Waals surface area contributed by atoms with Crippen molar-refractivity contribution in [1.82, 2.24) is 0 Å². The van der Waals surface area contributed by atoms with Crippen LogP contribution in [-0.4, -0.2) is 0 Å². The Bertz CT molecular complexity index is 533. The average Bonchev–Trinajstić information content (AvgIpc) is 2.59. The predicted octanol–water partition coefficient (Wildman–Crippen LogP) is 10.1. The summed E-state index contributed by atoms with van der Waals surface area (Å²) in [5.41, 5.74) is 4.12. The third kappa shape index (κ3) is 12.5. The lowest BCUT2D eigenvalue weighted by atomic mass is 9.69. The summed E-state index contributed by atoms with van der Waals surface area (Å²) in [5, 5.41) is 0. The molecule has 0 N–H and O–H groups in total. The van der Waals surface area contributed by atoms with Crippen LogP contribution in [0.1, 0.15) is 126 Å². The Balaban J connectivity index is 2.58. The summed E-state index contributed by atoms with van der Waals surface area (Å²) in [6.07, 6.45) is 24.3. The van der Waals surface area contributed by atoms with Crippen molar-refractivity contribution >= 4 is 0 Å². The molecule has 1 unspecified atom stereocenters. The van der Waals surface area contributed by atoms with Crippen molar-refractivity contribution in [3.05, 3.63) is 35.5 Å². The van der Waals surface area contributed by atoms with Gasteiger partial charge in [-0.1, -0.05) is 96.8 Å². The maximum Gasteiger partial charge on any atom is -0.0302 e. The summed E-state index contributed by atoms with van der Waals surface area (Å²) in [6, 6.07) is 0. The van der Waals surface area contributed by atoms with E-state index < -0.39 is 0 Å². The molecule has 0 heterocycles. The first-order chi connectivity index (χ1) is 13.5. The van der Waals surface area contributed by atoms with Crippen LogP contribution in [0.25, 0.3) is 0 Å². The Morgan fingerprint density at radius 1 is 1.10 bits per heavy atom. The quantitative estimate of drug-likeness (QED) is 0.267. The molecular weight excluding hydrogens is 348 g/mol. The van der Waals surface area contributed by atoms with Crippen LogP contribution in [0.5, 0.6) is 0 Å². The van der Waals surface area contributed by atoms with Gasteiger partial charge in [-0.3, -0.25) is 0 Å². The van der Waals surface area contributed by atoms with Gasteiger partial charge in [0, 0.05) is 0 Å². The number of hydrogen-bond donors (Lipinski definition) is 0. The van der Waals surface area contributed by atoms with Gasteiger partial charge in [0.1, 0.15) is 0 Å². The van der Waals surface area contributed by atoms with E-state index in [1.807, 2.05) is 0 Å². The van der Waals surface area contributed by atoms with E-state index in [-0.39, 0.29) is 0 Å². The molecule has 0 amide bonds. The highest BCUT2D eigenvalue weighted by molar-refractivity contribution is 5.17. The molecule has 0 bridgehead atoms. The fourth-order valence-corrected chi connectivity index (χ4v) is 4.45. The Kier molecular flexibility index (Phi) is 11.6. The number of rotatable bonds is 9. The Hall–Kier alpha value is -0.780. The van der Waals surface area contributed by atoms with E-state index in [9.17, 15) is 0 Å². The molecule has 1 aliphatic rings. The van der Waals surface area contributed by atoms with Gasteiger partial charge in [0.2, 0.25) is 0 Å². The van der Waals surface area contributed by atoms with Gasteiger partial charge in [0.15, 0.2) is 0 Å². The van der Waals surface area contributed by atoms with Crippen LogP contribution in [0.3, 0.4) is 0 Å². The van der Waals surface area contributed by atoms with E-state index in [4.69, 9.17) is 0 Å². The second-order valence-corrected chi connectivity index (χ2v) is 12.0. The van der Waals surface area contributed by atoms with Gasteiger partial charge < -0.3 is 0 Å². The van der Waals surface area contributed by atoms with Crippen molar-refractivity contribution in [2.24, 2.45) is 22.7 Å². The molecule has 168 valence electrons. The minimum atomic E-state index is 0.405. The highest BCUT2D eigenvalue weighted by Crippen LogP contribution is 2.41. The van der Waals surface area contributed by atoms with Crippen LogP contribution >= 0.6 is 0 Å². The predicted molar refractivity (Wildman–Crippen MR) is 133 cm³/mol. The van der Waals surface area contributed by atoms with E-state index in [2.05, 4.69) is 79.7 Å². The molecule has 0 aliphatic heterocycles. The minimum Gasteiger partial charge on any atom is -0.0882 e. The van der Waals surface area contributed by atoms with Gasteiger partial charge in [-0.25, -0.2) is 0 Å². The molecule has 1 atom stereocenters. The standard InChI is InChI=1S/C29H52/c1-24(2)14-9-10-15-25(3)18-19-26-16-13-23-29(7,8)27(21-20-26)17-11-12-22-28(4,5)6/h11-12,18-19,24,27H,9-10,13-17,20-23H2,1-8H3/b12-11+,25-18+,26-19+. The van der Waals surface area contributed by atoms with Crippen molar-refractivity contribution in [3.63, 3.8) is 0 Å². The molecule has 29 heavy (non-hydrogen) atoms. The lowest BCUT2D eigenvalue weighted by Crippen LogP contribution is -2.25. The summed E-state index contributed by atoms with van der Waals surface area (Å²) in [4.78, 5) is 0. The van der Waals surface area contributed by atoms with E-state index in [0.717, 1.165) is 11.8 Å². The van der Waals surface area contributed by atoms with Crippen LogP contribution in [0, 0.1) is 22.7 Å². The lowest BCUT2D eigenvalue weighted by molar-refractivity contribution is 0.172. The fourth-order valence-electron chi connectivity index (χ4n) is 4.45. The van der Waals surface area contributed by atoms with Crippen molar-refractivity contribution in [1.29, 1.82) is 0 Å². The maximum atomic E-state index is 2.51. The van der Waals surface area contributed by atoms with Gasteiger partial charge in [0.05, 0.1) is 0 Å². The molecule has 1 fully saturated rings. The van der Waals surface area contributed by atoms with Crippen LogP contribution in [0.2, 0.25) is 0 Å². The van der Waals surface area contributed by atoms with Crippen LogP contribution in [0.15, 0.2) is 35.5 Å². The smallest absolute Gasteiger partial charge is 0.0302 e. The van der Waals surface area contributed by atoms with E-state index in [1.165, 1.54) is 70.6 Å². The summed E-state index contributed by atoms with van der Waals surface area (Å²) in [5.74, 6) is 1.65. The first-order valence-corrected chi connectivity index (χ1v) is 12.5. The molecule has 0 saturated heterocycles. The lowest BCUT2D eigenvalue weighted by Gasteiger charge is -2.36. The Morgan fingerprint density at radius 3 is 2.48 bits per heavy atom. The fraction of sp³-hybridized carbons (Fsp3) is 0.793. The van der Waals surface area contributed by atoms with Crippen molar-refractivity contribution in [2.45, 2.75) is 126 Å². The molecule has 0 aromatic carbocycles. The van der Waals surface area contributed by atoms with Gasteiger partial charge in [-0.05, 0) is 87.4 Å². The highest BCUT2D eigenvalue weighted by atomic mass is 14.3. The third-order valence-electron chi connectivity index (χ3n) is 6.76. The van der Waals surface area contributed by atoms with Gasteiger partial charge in [-0.2, -0.15) is 0 Å².